The van der Waals surface area contributed by atoms with E-state index in [0.717, 1.165) is 43.2 Å². The Balaban J connectivity index is 1.34. The zero-order valence-electron chi connectivity index (χ0n) is 19.0. The Bertz CT molecular complexity index is 1160. The summed E-state index contributed by atoms with van der Waals surface area (Å²) < 4.78 is 46.8. The van der Waals surface area contributed by atoms with Crippen LogP contribution < -0.4 is 15.0 Å². The lowest BCUT2D eigenvalue weighted by Gasteiger charge is -2.17. The number of carbonyl (C=O) groups is 1. The Labute approximate surface area is 203 Å². The molecule has 1 fully saturated rings. The lowest BCUT2D eigenvalue weighted by Crippen LogP contribution is -2.26. The largest absolute Gasteiger partial charge is 0.573 e. The summed E-state index contributed by atoms with van der Waals surface area (Å²) in [7, 11) is 1.32. The summed E-state index contributed by atoms with van der Waals surface area (Å²) in [5.74, 6) is 0.0394. The molecule has 3 aromatic rings. The summed E-state index contributed by atoms with van der Waals surface area (Å²) in [6.07, 6.45) is -5.08. The molecular formula is C22H23F3N6O3S. The number of carbonyl (C=O) groups excluding carboxylic acids is 1. The molecule has 9 nitrogen and oxygen atoms in total. The Hall–Kier alpha value is -3.32. The second kappa shape index (κ2) is 10.5. The third-order valence-corrected chi connectivity index (χ3v) is 6.19. The van der Waals surface area contributed by atoms with Crippen LogP contribution in [0.15, 0.2) is 36.4 Å². The first-order valence-electron chi connectivity index (χ1n) is 10.8. The number of alkyl halides is 3. The molecular weight excluding hydrogens is 485 g/mol. The Morgan fingerprint density at radius 3 is 2.77 bits per heavy atom. The number of Topliss-reactive ketones (excluding diaryl/α,β-unsaturated/α-hetero) is 1. The van der Waals surface area contributed by atoms with E-state index in [9.17, 15) is 18.0 Å². The minimum atomic E-state index is -4.83. The fraction of sp³-hybridized carbons (Fsp3) is 0.409. The number of benzene rings is 1. The predicted octanol–water partition coefficient (Wildman–Crippen LogP) is 3.73. The third kappa shape index (κ3) is 6.63. The molecule has 0 unspecified atom stereocenters. The van der Waals surface area contributed by atoms with Crippen molar-refractivity contribution >= 4 is 28.1 Å². The average Bonchev–Trinajstić information content (AvgIpc) is 3.44. The first-order chi connectivity index (χ1) is 16.7. The van der Waals surface area contributed by atoms with Crippen LogP contribution >= 0.6 is 11.3 Å². The summed E-state index contributed by atoms with van der Waals surface area (Å²) in [4.78, 5) is 15.0. The van der Waals surface area contributed by atoms with Gasteiger partial charge in [-0.25, -0.2) is 0 Å². The van der Waals surface area contributed by atoms with Crippen molar-refractivity contribution in [3.63, 3.8) is 0 Å². The highest BCUT2D eigenvalue weighted by Crippen LogP contribution is 2.29. The molecule has 0 bridgehead atoms. The Morgan fingerprint density at radius 1 is 1.23 bits per heavy atom. The number of ether oxygens (including phenoxy) is 2. The van der Waals surface area contributed by atoms with Gasteiger partial charge in [-0.05, 0) is 43.2 Å². The minimum Gasteiger partial charge on any atom is -0.406 e. The van der Waals surface area contributed by atoms with E-state index < -0.39 is 18.2 Å². The van der Waals surface area contributed by atoms with Gasteiger partial charge in [-0.15, -0.1) is 28.5 Å². The summed E-state index contributed by atoms with van der Waals surface area (Å²) in [6.45, 7) is 3.44. The number of halogens is 3. The van der Waals surface area contributed by atoms with Crippen LogP contribution in [0.4, 0.5) is 24.1 Å². The quantitative estimate of drug-likeness (QED) is 0.463. The number of hydrogen-bond donors (Lipinski definition) is 1. The summed E-state index contributed by atoms with van der Waals surface area (Å²) in [5, 5.41) is 20.9. The number of ketones is 1. The van der Waals surface area contributed by atoms with Crippen molar-refractivity contribution in [3.05, 3.63) is 52.7 Å². The van der Waals surface area contributed by atoms with Gasteiger partial charge in [0, 0.05) is 26.2 Å². The van der Waals surface area contributed by atoms with Gasteiger partial charge >= 0.3 is 6.36 Å². The molecule has 0 saturated carbocycles. The van der Waals surface area contributed by atoms with Crippen molar-refractivity contribution in [3.8, 4) is 5.75 Å². The van der Waals surface area contributed by atoms with Crippen molar-refractivity contribution in [1.82, 2.24) is 20.4 Å². The molecule has 1 N–H and O–H groups in total. The smallest absolute Gasteiger partial charge is 0.406 e. The van der Waals surface area contributed by atoms with E-state index in [2.05, 4.69) is 35.3 Å². The molecule has 0 amide bonds. The first kappa shape index (κ1) is 24.8. The number of nitrogens with one attached hydrogen (secondary N) is 1. The SMILES string of the molecule is CO[C@@H](C(=O)Cc1nnc(N[C@@H]2CCN(c3ccc(C)nn3)C2)s1)c1cccc(OC(F)(F)F)c1. The molecule has 2 atom stereocenters. The Kier molecular flexibility index (Phi) is 7.45. The molecule has 13 heteroatoms. The normalized spacial score (nSPS) is 16.8. The molecule has 186 valence electrons. The van der Waals surface area contributed by atoms with E-state index in [0.29, 0.717) is 10.1 Å². The summed E-state index contributed by atoms with van der Waals surface area (Å²) in [6, 6.07) is 9.17. The van der Waals surface area contributed by atoms with Gasteiger partial charge in [0.15, 0.2) is 11.6 Å². The zero-order chi connectivity index (χ0) is 25.0. The van der Waals surface area contributed by atoms with Gasteiger partial charge in [0.05, 0.1) is 12.1 Å². The van der Waals surface area contributed by atoms with Crippen molar-refractivity contribution < 1.29 is 27.4 Å². The highest BCUT2D eigenvalue weighted by atomic mass is 32.1. The van der Waals surface area contributed by atoms with Crippen molar-refractivity contribution in [2.75, 3.05) is 30.4 Å². The van der Waals surface area contributed by atoms with E-state index in [1.807, 2.05) is 19.1 Å². The van der Waals surface area contributed by atoms with E-state index in [1.54, 1.807) is 0 Å². The van der Waals surface area contributed by atoms with Gasteiger partial charge in [-0.2, -0.15) is 5.10 Å². The van der Waals surface area contributed by atoms with E-state index in [4.69, 9.17) is 4.74 Å². The first-order valence-corrected chi connectivity index (χ1v) is 11.6. The lowest BCUT2D eigenvalue weighted by molar-refractivity contribution is -0.274. The van der Waals surface area contributed by atoms with E-state index in [-0.39, 0.29) is 23.8 Å². The van der Waals surface area contributed by atoms with Crippen LogP contribution in [-0.4, -0.2) is 58.8 Å². The second-order valence-corrected chi connectivity index (χ2v) is 9.05. The maximum Gasteiger partial charge on any atom is 0.573 e. The molecule has 0 radical (unpaired) electrons. The van der Waals surface area contributed by atoms with Crippen LogP contribution in [0.25, 0.3) is 0 Å². The van der Waals surface area contributed by atoms with Gasteiger partial charge in [0.1, 0.15) is 16.9 Å². The predicted molar refractivity (Wildman–Crippen MR) is 123 cm³/mol. The topological polar surface area (TPSA) is 102 Å². The van der Waals surface area contributed by atoms with E-state index >= 15 is 0 Å². The highest BCUT2D eigenvalue weighted by molar-refractivity contribution is 7.15. The van der Waals surface area contributed by atoms with Crippen molar-refractivity contribution in [2.24, 2.45) is 0 Å². The Morgan fingerprint density at radius 2 is 2.06 bits per heavy atom. The number of aryl methyl sites for hydroxylation is 1. The summed E-state index contributed by atoms with van der Waals surface area (Å²) in [5.41, 5.74) is 1.11. The fourth-order valence-electron chi connectivity index (χ4n) is 3.77. The van der Waals surface area contributed by atoms with Crippen LogP contribution in [0.2, 0.25) is 0 Å². The molecule has 1 aromatic carbocycles. The van der Waals surface area contributed by atoms with Crippen LogP contribution in [0.1, 0.15) is 28.8 Å². The molecule has 3 heterocycles. The molecule has 1 aliphatic heterocycles. The third-order valence-electron chi connectivity index (χ3n) is 5.34. The molecule has 0 aliphatic carbocycles. The zero-order valence-corrected chi connectivity index (χ0v) is 19.8. The molecule has 1 saturated heterocycles. The monoisotopic (exact) mass is 508 g/mol. The van der Waals surface area contributed by atoms with Crippen LogP contribution in [0.5, 0.6) is 5.75 Å². The summed E-state index contributed by atoms with van der Waals surface area (Å²) >= 11 is 1.25. The van der Waals surface area contributed by atoms with Gasteiger partial charge in [-0.1, -0.05) is 23.5 Å². The molecule has 1 aliphatic rings. The van der Waals surface area contributed by atoms with Crippen LogP contribution in [0, 0.1) is 6.92 Å². The number of nitrogens with zero attached hydrogens (tertiary/aromatic N) is 5. The molecule has 0 spiro atoms. The number of rotatable bonds is 9. The number of hydrogen-bond acceptors (Lipinski definition) is 10. The number of anilines is 2. The van der Waals surface area contributed by atoms with Crippen molar-refractivity contribution in [1.29, 1.82) is 0 Å². The number of aromatic nitrogens is 4. The minimum absolute atomic E-state index is 0.0715. The number of methoxy groups -OCH3 is 1. The maximum absolute atomic E-state index is 12.8. The molecule has 4 rings (SSSR count). The van der Waals surface area contributed by atoms with E-state index in [1.165, 1.54) is 30.6 Å². The average molecular weight is 509 g/mol. The molecule has 35 heavy (non-hydrogen) atoms. The van der Waals surface area contributed by atoms with Crippen LogP contribution in [0.3, 0.4) is 0 Å². The fourth-order valence-corrected chi connectivity index (χ4v) is 4.60. The maximum atomic E-state index is 12.8. The molecule has 2 aromatic heterocycles. The van der Waals surface area contributed by atoms with Gasteiger partial charge in [0.25, 0.3) is 0 Å². The lowest BCUT2D eigenvalue weighted by atomic mass is 10.0. The van der Waals surface area contributed by atoms with Gasteiger partial charge in [0.2, 0.25) is 5.13 Å². The second-order valence-electron chi connectivity index (χ2n) is 7.99. The van der Waals surface area contributed by atoms with Gasteiger partial charge in [-0.3, -0.25) is 4.79 Å². The van der Waals surface area contributed by atoms with Crippen molar-refractivity contribution in [2.45, 2.75) is 38.3 Å². The van der Waals surface area contributed by atoms with Gasteiger partial charge < -0.3 is 19.7 Å². The highest BCUT2D eigenvalue weighted by Gasteiger charge is 2.32. The van der Waals surface area contributed by atoms with Crippen LogP contribution in [-0.2, 0) is 16.0 Å². The standard InChI is InChI=1S/C22H23F3N6O3S/c1-13-6-7-18(28-27-13)31-9-8-15(12-31)26-21-30-29-19(35-21)11-17(32)20(33-2)14-4-3-5-16(10-14)34-22(23,24)25/h3-7,10,15,20H,8-9,11-12H2,1-2H3,(H,26,30)/t15-,20-/m1/s1.